The van der Waals surface area contributed by atoms with Gasteiger partial charge >= 0.3 is 5.97 Å². The van der Waals surface area contributed by atoms with E-state index in [0.717, 1.165) is 38.0 Å². The molecule has 150 valence electrons. The van der Waals surface area contributed by atoms with Crippen LogP contribution in [0.15, 0.2) is 27.9 Å². The van der Waals surface area contributed by atoms with Gasteiger partial charge in [-0.25, -0.2) is 9.78 Å². The van der Waals surface area contributed by atoms with Crippen molar-refractivity contribution in [1.82, 2.24) is 15.2 Å². The maximum Gasteiger partial charge on any atom is 0.355 e. The molecule has 2 N–H and O–H groups in total. The number of nitrogens with one attached hydrogen (secondary N) is 1. The number of hydrogen-bond acceptors (Lipinski definition) is 6. The molecule has 0 saturated carbocycles. The van der Waals surface area contributed by atoms with Crippen LogP contribution in [0, 0.1) is 0 Å². The van der Waals surface area contributed by atoms with Crippen molar-refractivity contribution in [1.29, 1.82) is 0 Å². The summed E-state index contributed by atoms with van der Waals surface area (Å²) in [6.45, 7) is 2.60. The van der Waals surface area contributed by atoms with E-state index in [0.29, 0.717) is 14.4 Å². The largest absolute Gasteiger partial charge is 0.476 e. The van der Waals surface area contributed by atoms with Crippen LogP contribution in [0.1, 0.15) is 28.9 Å². The van der Waals surface area contributed by atoms with E-state index in [4.69, 9.17) is 28.3 Å². The zero-order valence-corrected chi connectivity index (χ0v) is 18.0. The lowest BCUT2D eigenvalue weighted by Crippen LogP contribution is -2.44. The number of thioether (sulfide) groups is 1. The number of aromatic nitrogens is 1. The van der Waals surface area contributed by atoms with Crippen molar-refractivity contribution in [3.8, 4) is 0 Å². The molecule has 28 heavy (non-hydrogen) atoms. The van der Waals surface area contributed by atoms with Crippen LogP contribution >= 0.6 is 46.3 Å². The smallest absolute Gasteiger partial charge is 0.355 e. The summed E-state index contributed by atoms with van der Waals surface area (Å²) in [7, 11) is 0. The van der Waals surface area contributed by atoms with Gasteiger partial charge in [0.2, 0.25) is 5.91 Å². The highest BCUT2D eigenvalue weighted by atomic mass is 35.5. The minimum atomic E-state index is -1.06. The zero-order valence-electron chi connectivity index (χ0n) is 14.9. The minimum absolute atomic E-state index is 0.0160. The molecule has 1 aliphatic rings. The van der Waals surface area contributed by atoms with Crippen molar-refractivity contribution in [2.75, 3.05) is 18.8 Å². The van der Waals surface area contributed by atoms with Crippen molar-refractivity contribution >= 4 is 58.2 Å². The fourth-order valence-corrected chi connectivity index (χ4v) is 4.88. The molecular formula is C18H19Cl2N3O3S2. The molecule has 1 aliphatic heterocycles. The summed E-state index contributed by atoms with van der Waals surface area (Å²) in [5, 5.41) is 14.5. The minimum Gasteiger partial charge on any atom is -0.476 e. The number of carboxylic acids is 1. The molecular weight excluding hydrogens is 441 g/mol. The number of hydrogen-bond donors (Lipinski definition) is 2. The average Bonchev–Trinajstić information content (AvgIpc) is 3.14. The first-order valence-corrected chi connectivity index (χ1v) is 11.3. The van der Waals surface area contributed by atoms with E-state index in [1.54, 1.807) is 0 Å². The third kappa shape index (κ3) is 6.09. The Hall–Kier alpha value is -1.32. The van der Waals surface area contributed by atoms with E-state index in [2.05, 4.69) is 15.2 Å². The van der Waals surface area contributed by atoms with Crippen LogP contribution in [0.25, 0.3) is 0 Å². The summed E-state index contributed by atoms with van der Waals surface area (Å²) in [6, 6.07) is 5.84. The summed E-state index contributed by atoms with van der Waals surface area (Å²) >= 11 is 14.5. The second-order valence-corrected chi connectivity index (χ2v) is 9.35. The van der Waals surface area contributed by atoms with Gasteiger partial charge in [-0.2, -0.15) is 0 Å². The first kappa shape index (κ1) is 21.4. The molecule has 0 aliphatic carbocycles. The molecule has 0 radical (unpaired) electrons. The number of carboxylic acid groups (broad SMARTS) is 1. The van der Waals surface area contributed by atoms with E-state index in [-0.39, 0.29) is 23.4 Å². The maximum absolute atomic E-state index is 12.2. The number of halogens is 2. The maximum atomic E-state index is 12.2. The number of aromatic carboxylic acids is 1. The summed E-state index contributed by atoms with van der Waals surface area (Å²) < 4.78 is 0.587. The highest BCUT2D eigenvalue weighted by molar-refractivity contribution is 8.01. The van der Waals surface area contributed by atoms with Gasteiger partial charge in [0.25, 0.3) is 0 Å². The Balaban J connectivity index is 1.39. The standard InChI is InChI=1S/C18H19Cl2N3O3S2/c19-13-2-1-11(7-14(13)20)8-23-5-3-12(4-6-23)21-16(24)10-28-18-22-15(9-27-18)17(25)26/h1-2,7,9,12H,3-6,8,10H2,(H,21,24)(H,25,26). The number of benzene rings is 1. The highest BCUT2D eigenvalue weighted by Crippen LogP contribution is 2.25. The molecule has 0 unspecified atom stereocenters. The average molecular weight is 460 g/mol. The Bertz CT molecular complexity index is 854. The number of carbonyl (C=O) groups excluding carboxylic acids is 1. The molecule has 2 aromatic rings. The number of likely N-dealkylation sites (tertiary alicyclic amines) is 1. The predicted molar refractivity (Wildman–Crippen MR) is 113 cm³/mol. The van der Waals surface area contributed by atoms with Crippen molar-refractivity contribution < 1.29 is 14.7 Å². The highest BCUT2D eigenvalue weighted by Gasteiger charge is 2.21. The van der Waals surface area contributed by atoms with E-state index in [1.807, 2.05) is 18.2 Å². The molecule has 1 aromatic heterocycles. The quantitative estimate of drug-likeness (QED) is 0.608. The third-order valence-electron chi connectivity index (χ3n) is 4.37. The van der Waals surface area contributed by atoms with Crippen molar-refractivity contribution in [2.24, 2.45) is 0 Å². The van der Waals surface area contributed by atoms with Crippen LogP contribution in [0.3, 0.4) is 0 Å². The summed E-state index contributed by atoms with van der Waals surface area (Å²) in [5.74, 6) is -0.879. The molecule has 3 rings (SSSR count). The van der Waals surface area contributed by atoms with Crippen molar-refractivity contribution in [3.63, 3.8) is 0 Å². The fourth-order valence-electron chi connectivity index (χ4n) is 2.95. The molecule has 2 heterocycles. The molecule has 0 atom stereocenters. The molecule has 0 spiro atoms. The Morgan fingerprint density at radius 2 is 2.04 bits per heavy atom. The number of nitrogens with zero attached hydrogens (tertiary/aromatic N) is 2. The van der Waals surface area contributed by atoms with Gasteiger partial charge in [0.05, 0.1) is 15.8 Å². The summed E-state index contributed by atoms with van der Waals surface area (Å²) in [6.07, 6.45) is 1.77. The van der Waals surface area contributed by atoms with Crippen LogP contribution < -0.4 is 5.32 Å². The van der Waals surface area contributed by atoms with Crippen LogP contribution in [0.4, 0.5) is 0 Å². The first-order valence-electron chi connectivity index (χ1n) is 8.68. The van der Waals surface area contributed by atoms with Gasteiger partial charge < -0.3 is 10.4 Å². The fraction of sp³-hybridized carbons (Fsp3) is 0.389. The molecule has 1 aromatic carbocycles. The molecule has 10 heteroatoms. The van der Waals surface area contributed by atoms with Crippen molar-refractivity contribution in [2.45, 2.75) is 29.8 Å². The van der Waals surface area contributed by atoms with Gasteiger partial charge in [0.15, 0.2) is 10.0 Å². The lowest BCUT2D eigenvalue weighted by Gasteiger charge is -2.32. The van der Waals surface area contributed by atoms with Gasteiger partial charge in [-0.15, -0.1) is 11.3 Å². The SMILES string of the molecule is O=C(CSc1nc(C(=O)O)cs1)NC1CCN(Cc2ccc(Cl)c(Cl)c2)CC1. The molecule has 6 nitrogen and oxygen atoms in total. The second kappa shape index (κ2) is 9.93. The van der Waals surface area contributed by atoms with Crippen LogP contribution in [0.5, 0.6) is 0 Å². The normalized spacial score (nSPS) is 15.5. The lowest BCUT2D eigenvalue weighted by molar-refractivity contribution is -0.119. The Labute approximate surface area is 181 Å². The Morgan fingerprint density at radius 1 is 1.29 bits per heavy atom. The topological polar surface area (TPSA) is 82.5 Å². The molecule has 1 saturated heterocycles. The summed E-state index contributed by atoms with van der Waals surface area (Å²) in [5.41, 5.74) is 1.14. The molecule has 1 fully saturated rings. The third-order valence-corrected chi connectivity index (χ3v) is 7.13. The number of piperidine rings is 1. The van der Waals surface area contributed by atoms with Gasteiger partial charge in [0, 0.05) is 31.1 Å². The number of rotatable bonds is 7. The second-order valence-electron chi connectivity index (χ2n) is 6.46. The van der Waals surface area contributed by atoms with Gasteiger partial charge in [-0.05, 0) is 30.5 Å². The van der Waals surface area contributed by atoms with E-state index < -0.39 is 5.97 Å². The van der Waals surface area contributed by atoms with Crippen LogP contribution in [-0.2, 0) is 11.3 Å². The van der Waals surface area contributed by atoms with Crippen LogP contribution in [-0.4, -0.2) is 51.8 Å². The van der Waals surface area contributed by atoms with Crippen LogP contribution in [0.2, 0.25) is 10.0 Å². The Morgan fingerprint density at radius 3 is 2.68 bits per heavy atom. The lowest BCUT2D eigenvalue weighted by atomic mass is 10.0. The number of amides is 1. The van der Waals surface area contributed by atoms with E-state index in [1.165, 1.54) is 28.5 Å². The predicted octanol–water partition coefficient (Wildman–Crippen LogP) is 4.02. The molecule has 0 bridgehead atoms. The van der Waals surface area contributed by atoms with E-state index >= 15 is 0 Å². The van der Waals surface area contributed by atoms with Gasteiger partial charge in [-0.3, -0.25) is 9.69 Å². The molecule has 1 amide bonds. The summed E-state index contributed by atoms with van der Waals surface area (Å²) in [4.78, 5) is 29.3. The van der Waals surface area contributed by atoms with Gasteiger partial charge in [-0.1, -0.05) is 41.0 Å². The van der Waals surface area contributed by atoms with Gasteiger partial charge in [0.1, 0.15) is 0 Å². The monoisotopic (exact) mass is 459 g/mol. The Kier molecular flexibility index (Phi) is 7.59. The first-order chi connectivity index (χ1) is 13.4. The number of carbonyl (C=O) groups is 2. The zero-order chi connectivity index (χ0) is 20.1. The number of thiazole rings is 1. The van der Waals surface area contributed by atoms with E-state index in [9.17, 15) is 9.59 Å². The van der Waals surface area contributed by atoms with Crippen molar-refractivity contribution in [3.05, 3.63) is 44.9 Å².